The van der Waals surface area contributed by atoms with Crippen LogP contribution in [0.1, 0.15) is 56.9 Å². The molecule has 136 valence electrons. The van der Waals surface area contributed by atoms with E-state index in [0.29, 0.717) is 42.8 Å². The van der Waals surface area contributed by atoms with Gasteiger partial charge < -0.3 is 14.4 Å². The molecule has 0 aromatic carbocycles. The molecular formula is C18H23NO6. The van der Waals surface area contributed by atoms with Crippen LogP contribution in [0.2, 0.25) is 0 Å². The van der Waals surface area contributed by atoms with E-state index in [-0.39, 0.29) is 24.0 Å². The van der Waals surface area contributed by atoms with Gasteiger partial charge in [-0.25, -0.2) is 14.6 Å². The minimum absolute atomic E-state index is 0.0979. The van der Waals surface area contributed by atoms with E-state index in [9.17, 15) is 14.7 Å². The second-order valence-corrected chi connectivity index (χ2v) is 8.10. The van der Waals surface area contributed by atoms with Crippen LogP contribution in [0.4, 0.5) is 0 Å². The van der Waals surface area contributed by atoms with Crippen LogP contribution >= 0.6 is 0 Å². The predicted molar refractivity (Wildman–Crippen MR) is 86.4 cm³/mol. The first-order valence-electron chi connectivity index (χ1n) is 8.70. The molecule has 0 radical (unpaired) electrons. The molecule has 25 heavy (non-hydrogen) atoms. The largest absolute Gasteiger partial charge is 0.458 e. The van der Waals surface area contributed by atoms with Crippen molar-refractivity contribution in [1.82, 2.24) is 4.57 Å². The van der Waals surface area contributed by atoms with E-state index in [0.717, 1.165) is 0 Å². The number of aliphatic hydroxyl groups is 1. The summed E-state index contributed by atoms with van der Waals surface area (Å²) in [5.41, 5.74) is -1.49. The summed E-state index contributed by atoms with van der Waals surface area (Å²) < 4.78 is 6.73. The Morgan fingerprint density at radius 2 is 2.08 bits per heavy atom. The van der Waals surface area contributed by atoms with Crippen molar-refractivity contribution in [1.29, 1.82) is 0 Å². The third kappa shape index (κ3) is 2.22. The van der Waals surface area contributed by atoms with Crippen molar-refractivity contribution in [3.05, 3.63) is 33.2 Å². The van der Waals surface area contributed by atoms with Crippen LogP contribution in [0.3, 0.4) is 0 Å². The first kappa shape index (κ1) is 16.8. The Bertz CT molecular complexity index is 813. The van der Waals surface area contributed by atoms with Gasteiger partial charge in [0.2, 0.25) is 0 Å². The van der Waals surface area contributed by atoms with Crippen molar-refractivity contribution in [2.24, 2.45) is 5.41 Å². The molecule has 1 unspecified atom stereocenters. The van der Waals surface area contributed by atoms with Gasteiger partial charge in [0.25, 0.3) is 5.56 Å². The number of rotatable bonds is 1. The summed E-state index contributed by atoms with van der Waals surface area (Å²) in [5, 5.41) is 10.9. The second kappa shape index (κ2) is 5.16. The number of carbonyl (C=O) groups is 1. The van der Waals surface area contributed by atoms with E-state index in [4.69, 9.17) is 14.5 Å². The molecule has 2 atom stereocenters. The molecule has 3 aliphatic rings. The maximum atomic E-state index is 13.0. The van der Waals surface area contributed by atoms with Gasteiger partial charge in [0.15, 0.2) is 5.60 Å². The van der Waals surface area contributed by atoms with Gasteiger partial charge in [0.05, 0.1) is 17.9 Å². The molecular weight excluding hydrogens is 326 g/mol. The Labute approximate surface area is 145 Å². The lowest BCUT2D eigenvalue weighted by Crippen LogP contribution is -2.46. The van der Waals surface area contributed by atoms with Gasteiger partial charge in [-0.05, 0) is 24.3 Å². The van der Waals surface area contributed by atoms with Crippen LogP contribution in [-0.4, -0.2) is 22.2 Å². The van der Waals surface area contributed by atoms with E-state index in [1.54, 1.807) is 17.6 Å². The molecule has 0 amide bonds. The third-order valence-corrected chi connectivity index (χ3v) is 5.68. The molecule has 1 aromatic heterocycles. The first-order chi connectivity index (χ1) is 11.7. The Kier molecular flexibility index (Phi) is 3.45. The van der Waals surface area contributed by atoms with E-state index in [1.807, 2.05) is 0 Å². The smallest absolute Gasteiger partial charge is 0.343 e. The van der Waals surface area contributed by atoms with Crippen molar-refractivity contribution in [3.63, 3.8) is 0 Å². The Hall–Kier alpha value is -1.70. The molecule has 4 rings (SSSR count). The van der Waals surface area contributed by atoms with Crippen LogP contribution < -0.4 is 5.56 Å². The molecule has 7 nitrogen and oxygen atoms in total. The number of nitrogens with zero attached hydrogens (tertiary/aromatic N) is 1. The number of pyridine rings is 1. The van der Waals surface area contributed by atoms with Crippen molar-refractivity contribution >= 4 is 5.97 Å². The van der Waals surface area contributed by atoms with Crippen LogP contribution in [0.15, 0.2) is 10.9 Å². The van der Waals surface area contributed by atoms with Crippen molar-refractivity contribution in [2.45, 2.75) is 64.4 Å². The average molecular weight is 349 g/mol. The monoisotopic (exact) mass is 349 g/mol. The zero-order chi connectivity index (χ0) is 18.0. The van der Waals surface area contributed by atoms with Gasteiger partial charge in [0.1, 0.15) is 12.2 Å². The van der Waals surface area contributed by atoms with Gasteiger partial charge >= 0.3 is 5.97 Å². The van der Waals surface area contributed by atoms with Gasteiger partial charge in [0, 0.05) is 18.5 Å². The van der Waals surface area contributed by atoms with Crippen molar-refractivity contribution < 1.29 is 24.4 Å². The number of fused-ring (bicyclic) bond motifs is 3. The van der Waals surface area contributed by atoms with Crippen LogP contribution in [0.25, 0.3) is 0 Å². The number of cyclic esters (lactones) is 1. The number of aromatic nitrogens is 1. The fourth-order valence-corrected chi connectivity index (χ4v) is 4.34. The SMILES string of the molecule is CC[C@@]1(O)C(=O)OCc2c1cc1n(c2=O)CCC12CC(C)(C)COO2. The minimum atomic E-state index is -1.79. The zero-order valence-electron chi connectivity index (χ0n) is 14.8. The van der Waals surface area contributed by atoms with Crippen LogP contribution in [0.5, 0.6) is 0 Å². The summed E-state index contributed by atoms with van der Waals surface area (Å²) in [6.07, 6.45) is 1.46. The quantitative estimate of drug-likeness (QED) is 0.610. The molecule has 0 aliphatic carbocycles. The van der Waals surface area contributed by atoms with E-state index in [2.05, 4.69) is 13.8 Å². The molecule has 1 N–H and O–H groups in total. The highest BCUT2D eigenvalue weighted by Crippen LogP contribution is 2.48. The van der Waals surface area contributed by atoms with Crippen molar-refractivity contribution in [3.8, 4) is 0 Å². The third-order valence-electron chi connectivity index (χ3n) is 5.68. The van der Waals surface area contributed by atoms with Gasteiger partial charge in [-0.2, -0.15) is 0 Å². The molecule has 7 heteroatoms. The highest BCUT2D eigenvalue weighted by atomic mass is 17.2. The fourth-order valence-electron chi connectivity index (χ4n) is 4.34. The van der Waals surface area contributed by atoms with E-state index >= 15 is 0 Å². The van der Waals surface area contributed by atoms with Gasteiger partial charge in [-0.15, -0.1) is 0 Å². The summed E-state index contributed by atoms with van der Waals surface area (Å²) in [5.74, 6) is -0.708. The summed E-state index contributed by atoms with van der Waals surface area (Å²) in [4.78, 5) is 36.2. The van der Waals surface area contributed by atoms with Crippen LogP contribution in [-0.2, 0) is 43.7 Å². The number of hydrogen-bond acceptors (Lipinski definition) is 6. The number of hydrogen-bond donors (Lipinski definition) is 1. The zero-order valence-corrected chi connectivity index (χ0v) is 14.8. The maximum Gasteiger partial charge on any atom is 0.343 e. The Balaban J connectivity index is 1.92. The topological polar surface area (TPSA) is 87.0 Å². The Morgan fingerprint density at radius 1 is 1.32 bits per heavy atom. The lowest BCUT2D eigenvalue weighted by molar-refractivity contribution is -0.410. The number of ether oxygens (including phenoxy) is 1. The fraction of sp³-hybridized carbons (Fsp3) is 0.667. The summed E-state index contributed by atoms with van der Waals surface area (Å²) >= 11 is 0. The Morgan fingerprint density at radius 3 is 2.76 bits per heavy atom. The maximum absolute atomic E-state index is 13.0. The molecule has 1 aromatic rings. The molecule has 4 heterocycles. The highest BCUT2D eigenvalue weighted by molar-refractivity contribution is 5.83. The predicted octanol–water partition coefficient (Wildman–Crippen LogP) is 1.48. The summed E-state index contributed by atoms with van der Waals surface area (Å²) in [6.45, 7) is 6.77. The average Bonchev–Trinajstić information content (AvgIpc) is 2.89. The van der Waals surface area contributed by atoms with E-state index in [1.165, 1.54) is 0 Å². The van der Waals surface area contributed by atoms with Crippen molar-refractivity contribution in [2.75, 3.05) is 6.61 Å². The molecule has 0 saturated carbocycles. The number of esters is 1. The molecule has 1 saturated heterocycles. The minimum Gasteiger partial charge on any atom is -0.458 e. The first-order valence-corrected chi connectivity index (χ1v) is 8.70. The molecule has 0 bridgehead atoms. The highest BCUT2D eigenvalue weighted by Gasteiger charge is 2.52. The molecule has 1 fully saturated rings. The lowest BCUT2D eigenvalue weighted by atomic mass is 9.77. The summed E-state index contributed by atoms with van der Waals surface area (Å²) in [7, 11) is 0. The van der Waals surface area contributed by atoms with Gasteiger partial charge in [-0.1, -0.05) is 20.8 Å². The van der Waals surface area contributed by atoms with Crippen LogP contribution in [0, 0.1) is 5.41 Å². The van der Waals surface area contributed by atoms with E-state index < -0.39 is 17.2 Å². The molecule has 1 spiro atoms. The summed E-state index contributed by atoms with van der Waals surface area (Å²) in [6, 6.07) is 1.75. The second-order valence-electron chi connectivity index (χ2n) is 8.10. The molecule has 3 aliphatic heterocycles. The lowest BCUT2D eigenvalue weighted by Gasteiger charge is -2.41. The number of carbonyl (C=O) groups excluding carboxylic acids is 1. The normalized spacial score (nSPS) is 33.0. The van der Waals surface area contributed by atoms with Gasteiger partial charge in [-0.3, -0.25) is 4.79 Å². The standard InChI is InChI=1S/C18H23NO6/c1-4-18(22)12-7-13-17(9-16(2,3)10-24-25-17)5-6-19(13)14(20)11(12)8-23-15(18)21/h7,22H,4-6,8-10H2,1-3H3/t17?,18-/m0/s1.